The first-order valence-electron chi connectivity index (χ1n) is 18.6. The van der Waals surface area contributed by atoms with Crippen LogP contribution in [0.15, 0.2) is 110 Å². The van der Waals surface area contributed by atoms with Crippen molar-refractivity contribution in [2.24, 2.45) is 0 Å². The predicted octanol–water partition coefficient (Wildman–Crippen LogP) is 8.48. The summed E-state index contributed by atoms with van der Waals surface area (Å²) >= 11 is 0. The van der Waals surface area contributed by atoms with E-state index in [4.69, 9.17) is 37.9 Å². The molecule has 0 aliphatic heterocycles. The van der Waals surface area contributed by atoms with Gasteiger partial charge in [0.1, 0.15) is 23.0 Å². The Bertz CT molecular complexity index is 2050. The van der Waals surface area contributed by atoms with E-state index in [9.17, 15) is 28.8 Å². The lowest BCUT2D eigenvalue weighted by atomic mass is 9.82. The molecular formula is C45H42O14. The molecule has 0 aromatic heterocycles. The van der Waals surface area contributed by atoms with Crippen molar-refractivity contribution >= 4 is 36.2 Å². The number of rotatable bonds is 18. The highest BCUT2D eigenvalue weighted by Crippen LogP contribution is 2.50. The van der Waals surface area contributed by atoms with Crippen LogP contribution in [0.25, 0.3) is 11.1 Å². The summed E-state index contributed by atoms with van der Waals surface area (Å²) in [6, 6.07) is 22.4. The number of ether oxygens (including phenoxy) is 8. The van der Waals surface area contributed by atoms with Gasteiger partial charge in [0.05, 0.1) is 37.6 Å². The molecule has 0 spiro atoms. The summed E-state index contributed by atoms with van der Waals surface area (Å²) in [7, 11) is 0. The van der Waals surface area contributed by atoms with E-state index < -0.39 is 41.6 Å². The molecule has 0 saturated carbocycles. The first-order valence-corrected chi connectivity index (χ1v) is 18.6. The normalized spacial score (nSPS) is 11.8. The van der Waals surface area contributed by atoms with Gasteiger partial charge in [-0.1, -0.05) is 39.1 Å². The Balaban J connectivity index is 1.10. The van der Waals surface area contributed by atoms with E-state index in [1.165, 1.54) is 48.5 Å². The lowest BCUT2D eigenvalue weighted by molar-refractivity contribution is -0.138. The average molecular weight is 807 g/mol. The van der Waals surface area contributed by atoms with Gasteiger partial charge in [-0.2, -0.15) is 0 Å². The van der Waals surface area contributed by atoms with Crippen LogP contribution in [-0.4, -0.2) is 62.6 Å². The number of benzene rings is 4. The maximum atomic E-state index is 13.1. The smallest absolute Gasteiger partial charge is 0.463 e. The molecule has 1 aliphatic carbocycles. The fourth-order valence-corrected chi connectivity index (χ4v) is 5.91. The Morgan fingerprint density at radius 3 is 1.17 bits per heavy atom. The second kappa shape index (κ2) is 20.3. The number of carbonyl (C=O) groups excluding carboxylic acids is 6. The summed E-state index contributed by atoms with van der Waals surface area (Å²) < 4.78 is 41.5. The Kier molecular flexibility index (Phi) is 14.7. The van der Waals surface area contributed by atoms with E-state index in [0.29, 0.717) is 37.2 Å². The molecule has 0 saturated heterocycles. The van der Waals surface area contributed by atoms with E-state index in [2.05, 4.69) is 13.2 Å². The summed E-state index contributed by atoms with van der Waals surface area (Å²) in [5.74, 6) is -1.27. The average Bonchev–Trinajstić information content (AvgIpc) is 3.45. The van der Waals surface area contributed by atoms with Crippen LogP contribution >= 0.6 is 0 Å². The molecule has 14 nitrogen and oxygen atoms in total. The van der Waals surface area contributed by atoms with Crippen molar-refractivity contribution in [2.45, 2.75) is 44.9 Å². The Labute approximate surface area is 340 Å². The molecule has 306 valence electrons. The predicted molar refractivity (Wildman–Crippen MR) is 212 cm³/mol. The van der Waals surface area contributed by atoms with Crippen LogP contribution < -0.4 is 18.9 Å². The van der Waals surface area contributed by atoms with E-state index in [0.717, 1.165) is 34.4 Å². The second-order valence-electron chi connectivity index (χ2n) is 13.4. The number of hydrogen-bond acceptors (Lipinski definition) is 14. The highest BCUT2D eigenvalue weighted by Gasteiger charge is 2.36. The standard InChI is InChI=1S/C45H42O14/c1-5-39(46)52-23-7-9-25-54-43(50)58-31-15-11-29(12-16-31)41(48)56-33-19-21-35-36-22-20-34(28-38(36)45(3,4)37(35)27-33)57-42(49)30-13-17-32(18-14-30)59-44(51)55-26-10-8-24-53-40(47)6-2/h5-6,11-22,27-28H,1-2,7-10,23-26H2,3-4H3. The molecule has 4 aromatic rings. The third kappa shape index (κ3) is 11.9. The monoisotopic (exact) mass is 806 g/mol. The zero-order valence-corrected chi connectivity index (χ0v) is 32.5. The quantitative estimate of drug-likeness (QED) is 0.0234. The highest BCUT2D eigenvalue weighted by atomic mass is 16.7. The van der Waals surface area contributed by atoms with Crippen LogP contribution in [0, 0.1) is 0 Å². The zero-order chi connectivity index (χ0) is 42.4. The highest BCUT2D eigenvalue weighted by molar-refractivity contribution is 5.93. The summed E-state index contributed by atoms with van der Waals surface area (Å²) in [4.78, 5) is 72.2. The molecule has 0 N–H and O–H groups in total. The molecule has 0 atom stereocenters. The SMILES string of the molecule is C=CC(=O)OCCCCOC(=O)Oc1ccc(C(=O)Oc2ccc3c(c2)C(C)(C)c2cc(OC(=O)c4ccc(OC(=O)OCCCCOC(=O)C=C)cc4)ccc2-3)cc1. The Hall–Kier alpha value is -7.22. The fourth-order valence-electron chi connectivity index (χ4n) is 5.91. The van der Waals surface area contributed by atoms with Crippen LogP contribution in [0.4, 0.5) is 9.59 Å². The summed E-state index contributed by atoms with van der Waals surface area (Å²) in [5, 5.41) is 0. The van der Waals surface area contributed by atoms with Crippen LogP contribution in [0.2, 0.25) is 0 Å². The van der Waals surface area contributed by atoms with Crippen molar-refractivity contribution in [3.8, 4) is 34.1 Å². The molecule has 5 rings (SSSR count). The third-order valence-corrected chi connectivity index (χ3v) is 8.96. The van der Waals surface area contributed by atoms with Crippen LogP contribution in [0.3, 0.4) is 0 Å². The van der Waals surface area contributed by atoms with Crippen molar-refractivity contribution in [3.63, 3.8) is 0 Å². The van der Waals surface area contributed by atoms with Crippen LogP contribution in [-0.2, 0) is 34.0 Å². The van der Waals surface area contributed by atoms with Gasteiger partial charge in [0.2, 0.25) is 0 Å². The number of carbonyl (C=O) groups is 6. The van der Waals surface area contributed by atoms with E-state index in [-0.39, 0.29) is 49.1 Å². The minimum absolute atomic E-state index is 0.0744. The number of fused-ring (bicyclic) bond motifs is 3. The van der Waals surface area contributed by atoms with Gasteiger partial charge in [0, 0.05) is 17.6 Å². The molecule has 0 unspecified atom stereocenters. The van der Waals surface area contributed by atoms with Gasteiger partial charge in [-0.25, -0.2) is 28.8 Å². The summed E-state index contributed by atoms with van der Waals surface area (Å²) in [6.07, 6.45) is 2.25. The molecule has 0 bridgehead atoms. The molecule has 59 heavy (non-hydrogen) atoms. The van der Waals surface area contributed by atoms with Crippen molar-refractivity contribution < 1.29 is 66.7 Å². The summed E-state index contributed by atoms with van der Waals surface area (Å²) in [5.41, 5.74) is 3.60. The zero-order valence-electron chi connectivity index (χ0n) is 32.5. The second-order valence-corrected chi connectivity index (χ2v) is 13.4. The van der Waals surface area contributed by atoms with Gasteiger partial charge in [0.15, 0.2) is 0 Å². The molecule has 0 fully saturated rings. The summed E-state index contributed by atoms with van der Waals surface area (Å²) in [6.45, 7) is 11.2. The van der Waals surface area contributed by atoms with Crippen LogP contribution in [0.1, 0.15) is 71.4 Å². The van der Waals surface area contributed by atoms with Gasteiger partial charge in [0.25, 0.3) is 0 Å². The van der Waals surface area contributed by atoms with Crippen LogP contribution in [0.5, 0.6) is 23.0 Å². The molecule has 0 heterocycles. The maximum absolute atomic E-state index is 13.1. The minimum Gasteiger partial charge on any atom is -0.463 e. The van der Waals surface area contributed by atoms with E-state index in [1.54, 1.807) is 24.3 Å². The largest absolute Gasteiger partial charge is 0.513 e. The van der Waals surface area contributed by atoms with Gasteiger partial charge in [-0.15, -0.1) is 0 Å². The number of esters is 4. The first kappa shape index (κ1) is 42.9. The van der Waals surface area contributed by atoms with Gasteiger partial charge < -0.3 is 37.9 Å². The third-order valence-electron chi connectivity index (χ3n) is 8.96. The lowest BCUT2D eigenvalue weighted by Gasteiger charge is -2.22. The van der Waals surface area contributed by atoms with Gasteiger partial charge in [-0.05, 0) is 121 Å². The van der Waals surface area contributed by atoms with Crippen molar-refractivity contribution in [1.82, 2.24) is 0 Å². The van der Waals surface area contributed by atoms with Gasteiger partial charge >= 0.3 is 36.2 Å². The molecule has 0 amide bonds. The Morgan fingerprint density at radius 1 is 0.475 bits per heavy atom. The topological polar surface area (TPSA) is 176 Å². The number of unbranched alkanes of at least 4 members (excludes halogenated alkanes) is 2. The van der Waals surface area contributed by atoms with Gasteiger partial charge in [-0.3, -0.25) is 0 Å². The van der Waals surface area contributed by atoms with Crippen molar-refractivity contribution in [2.75, 3.05) is 26.4 Å². The van der Waals surface area contributed by atoms with E-state index >= 15 is 0 Å². The molecule has 14 heteroatoms. The molecule has 1 aliphatic rings. The molecule has 4 aromatic carbocycles. The van der Waals surface area contributed by atoms with Crippen molar-refractivity contribution in [1.29, 1.82) is 0 Å². The Morgan fingerprint density at radius 2 is 0.814 bits per heavy atom. The van der Waals surface area contributed by atoms with Crippen molar-refractivity contribution in [3.05, 3.63) is 132 Å². The first-order chi connectivity index (χ1) is 28.4. The fraction of sp³-hybridized carbons (Fsp3) is 0.244. The number of hydrogen-bond donors (Lipinski definition) is 0. The maximum Gasteiger partial charge on any atom is 0.513 e. The molecular weight excluding hydrogens is 764 g/mol. The van der Waals surface area contributed by atoms with E-state index in [1.807, 2.05) is 26.0 Å². The minimum atomic E-state index is -0.911. The molecule has 0 radical (unpaired) electrons. The lowest BCUT2D eigenvalue weighted by Crippen LogP contribution is -2.16.